The van der Waals surface area contributed by atoms with Gasteiger partial charge in [-0.2, -0.15) is 5.26 Å². The molecular weight excluding hydrogens is 240 g/mol. The lowest BCUT2D eigenvalue weighted by atomic mass is 10.0. The zero-order valence-electron chi connectivity index (χ0n) is 11.8. The number of anilines is 1. The van der Waals surface area contributed by atoms with Crippen LogP contribution in [-0.4, -0.2) is 13.0 Å². The van der Waals surface area contributed by atoms with Gasteiger partial charge in [0.25, 0.3) is 0 Å². The standard InChI is InChI=1S/C15H18N2O2/c1-9-7-12(19-4)10(2)11(3)13(9)17-14(18)15(8-16)5-6-15/h7H,5-6H2,1-4H3,(H,17,18). The molecule has 100 valence electrons. The molecule has 0 spiro atoms. The first kappa shape index (κ1) is 13.4. The molecule has 0 aromatic heterocycles. The maximum atomic E-state index is 12.1. The third-order valence-corrected chi connectivity index (χ3v) is 3.91. The molecule has 0 heterocycles. The van der Waals surface area contributed by atoms with Crippen LogP contribution in [0.2, 0.25) is 0 Å². The summed E-state index contributed by atoms with van der Waals surface area (Å²) in [7, 11) is 1.63. The quantitative estimate of drug-likeness (QED) is 0.906. The van der Waals surface area contributed by atoms with Gasteiger partial charge in [0, 0.05) is 5.69 Å². The van der Waals surface area contributed by atoms with E-state index in [0.29, 0.717) is 12.8 Å². The monoisotopic (exact) mass is 258 g/mol. The number of ether oxygens (including phenoxy) is 1. The van der Waals surface area contributed by atoms with Gasteiger partial charge in [-0.1, -0.05) is 0 Å². The van der Waals surface area contributed by atoms with E-state index in [9.17, 15) is 4.79 Å². The van der Waals surface area contributed by atoms with Crippen molar-refractivity contribution in [3.63, 3.8) is 0 Å². The van der Waals surface area contributed by atoms with E-state index in [1.54, 1.807) is 7.11 Å². The van der Waals surface area contributed by atoms with Crippen molar-refractivity contribution in [1.29, 1.82) is 5.26 Å². The summed E-state index contributed by atoms with van der Waals surface area (Å²) in [6.07, 6.45) is 1.31. The normalized spacial score (nSPS) is 15.5. The Balaban J connectivity index is 2.34. The van der Waals surface area contributed by atoms with Gasteiger partial charge in [0.15, 0.2) is 0 Å². The van der Waals surface area contributed by atoms with E-state index in [-0.39, 0.29) is 5.91 Å². The van der Waals surface area contributed by atoms with Gasteiger partial charge >= 0.3 is 0 Å². The van der Waals surface area contributed by atoms with Crippen LogP contribution < -0.4 is 10.1 Å². The Labute approximate surface area is 113 Å². The zero-order valence-corrected chi connectivity index (χ0v) is 11.8. The first-order valence-electron chi connectivity index (χ1n) is 6.32. The molecular formula is C15H18N2O2. The second kappa shape index (κ2) is 4.58. The van der Waals surface area contributed by atoms with Gasteiger partial charge in [-0.15, -0.1) is 0 Å². The number of carbonyl (C=O) groups excluding carboxylic acids is 1. The lowest BCUT2D eigenvalue weighted by Crippen LogP contribution is -2.23. The molecule has 19 heavy (non-hydrogen) atoms. The van der Waals surface area contributed by atoms with Crippen molar-refractivity contribution in [2.24, 2.45) is 5.41 Å². The number of nitrogens with one attached hydrogen (secondary N) is 1. The van der Waals surface area contributed by atoms with Crippen LogP contribution in [0.3, 0.4) is 0 Å². The van der Waals surface area contributed by atoms with Crippen LogP contribution in [0.25, 0.3) is 0 Å². The Kier molecular flexibility index (Phi) is 3.23. The van der Waals surface area contributed by atoms with E-state index < -0.39 is 5.41 Å². The highest BCUT2D eigenvalue weighted by atomic mass is 16.5. The highest BCUT2D eigenvalue weighted by Gasteiger charge is 2.50. The smallest absolute Gasteiger partial charge is 0.244 e. The zero-order chi connectivity index (χ0) is 14.2. The maximum Gasteiger partial charge on any atom is 0.244 e. The Morgan fingerprint density at radius 1 is 1.37 bits per heavy atom. The van der Waals surface area contributed by atoms with Gasteiger partial charge in [0.1, 0.15) is 11.2 Å². The number of benzene rings is 1. The summed E-state index contributed by atoms with van der Waals surface area (Å²) in [5.74, 6) is 0.625. The first-order valence-corrected chi connectivity index (χ1v) is 6.32. The average Bonchev–Trinajstić information content (AvgIpc) is 3.19. The van der Waals surface area contributed by atoms with Gasteiger partial charge in [0.2, 0.25) is 5.91 Å². The number of nitrogens with zero attached hydrogens (tertiary/aromatic N) is 1. The molecule has 1 aliphatic carbocycles. The molecule has 0 aliphatic heterocycles. The van der Waals surface area contributed by atoms with E-state index in [4.69, 9.17) is 10.00 Å². The van der Waals surface area contributed by atoms with Gasteiger partial charge in [-0.25, -0.2) is 0 Å². The molecule has 0 unspecified atom stereocenters. The van der Waals surface area contributed by atoms with E-state index in [1.165, 1.54) is 0 Å². The molecule has 1 N–H and O–H groups in total. The van der Waals surface area contributed by atoms with Crippen molar-refractivity contribution in [3.8, 4) is 11.8 Å². The molecule has 0 atom stereocenters. The summed E-state index contributed by atoms with van der Waals surface area (Å²) >= 11 is 0. The Morgan fingerprint density at radius 2 is 2.00 bits per heavy atom. The lowest BCUT2D eigenvalue weighted by molar-refractivity contribution is -0.119. The number of hydrogen-bond donors (Lipinski definition) is 1. The Bertz CT molecular complexity index is 581. The average molecular weight is 258 g/mol. The topological polar surface area (TPSA) is 62.1 Å². The summed E-state index contributed by atoms with van der Waals surface area (Å²) in [6.45, 7) is 5.84. The molecule has 0 bridgehead atoms. The molecule has 1 amide bonds. The van der Waals surface area contributed by atoms with Crippen LogP contribution in [-0.2, 0) is 4.79 Å². The number of aryl methyl sites for hydroxylation is 1. The highest BCUT2D eigenvalue weighted by Crippen LogP contribution is 2.46. The number of methoxy groups -OCH3 is 1. The second-order valence-electron chi connectivity index (χ2n) is 5.17. The molecule has 1 saturated carbocycles. The fourth-order valence-electron chi connectivity index (χ4n) is 2.20. The van der Waals surface area contributed by atoms with Crippen molar-refractivity contribution < 1.29 is 9.53 Å². The van der Waals surface area contributed by atoms with Crippen molar-refractivity contribution in [2.45, 2.75) is 33.6 Å². The van der Waals surface area contributed by atoms with Crippen LogP contribution >= 0.6 is 0 Å². The number of hydrogen-bond acceptors (Lipinski definition) is 3. The van der Waals surface area contributed by atoms with Gasteiger partial charge in [0.05, 0.1) is 13.2 Å². The van der Waals surface area contributed by atoms with Crippen molar-refractivity contribution >= 4 is 11.6 Å². The Hall–Kier alpha value is -2.02. The summed E-state index contributed by atoms with van der Waals surface area (Å²) < 4.78 is 5.30. The summed E-state index contributed by atoms with van der Waals surface area (Å²) in [4.78, 5) is 12.1. The third kappa shape index (κ3) is 2.17. The molecule has 1 aromatic rings. The summed E-state index contributed by atoms with van der Waals surface area (Å²) in [6, 6.07) is 4.02. The van der Waals surface area contributed by atoms with Crippen molar-refractivity contribution in [2.75, 3.05) is 12.4 Å². The minimum Gasteiger partial charge on any atom is -0.496 e. The maximum absolute atomic E-state index is 12.1. The number of carbonyl (C=O) groups is 1. The van der Waals surface area contributed by atoms with Crippen molar-refractivity contribution in [3.05, 3.63) is 22.8 Å². The minimum absolute atomic E-state index is 0.189. The van der Waals surface area contributed by atoms with Crippen LogP contribution in [0, 0.1) is 37.5 Å². The minimum atomic E-state index is -0.799. The molecule has 4 nitrogen and oxygen atoms in total. The van der Waals surface area contributed by atoms with Crippen molar-refractivity contribution in [1.82, 2.24) is 0 Å². The molecule has 1 fully saturated rings. The van der Waals surface area contributed by atoms with E-state index >= 15 is 0 Å². The van der Waals surface area contributed by atoms with E-state index in [1.807, 2.05) is 26.8 Å². The SMILES string of the molecule is COc1cc(C)c(NC(=O)C2(C#N)CC2)c(C)c1C. The lowest BCUT2D eigenvalue weighted by Gasteiger charge is -2.17. The van der Waals surface area contributed by atoms with Crippen LogP contribution in [0.4, 0.5) is 5.69 Å². The second-order valence-corrected chi connectivity index (χ2v) is 5.17. The Morgan fingerprint density at radius 3 is 2.47 bits per heavy atom. The van der Waals surface area contributed by atoms with Crippen LogP contribution in [0.1, 0.15) is 29.5 Å². The summed E-state index contributed by atoms with van der Waals surface area (Å²) in [5.41, 5.74) is 2.93. The fraction of sp³-hybridized carbons (Fsp3) is 0.467. The number of nitriles is 1. The van der Waals surface area contributed by atoms with Crippen LogP contribution in [0.5, 0.6) is 5.75 Å². The largest absolute Gasteiger partial charge is 0.496 e. The predicted molar refractivity (Wildman–Crippen MR) is 73.1 cm³/mol. The van der Waals surface area contributed by atoms with Crippen LogP contribution in [0.15, 0.2) is 6.07 Å². The molecule has 1 aliphatic rings. The third-order valence-electron chi connectivity index (χ3n) is 3.91. The van der Waals surface area contributed by atoms with E-state index in [0.717, 1.165) is 28.1 Å². The molecule has 2 rings (SSSR count). The van der Waals surface area contributed by atoms with E-state index in [2.05, 4.69) is 11.4 Å². The first-order chi connectivity index (χ1) is 8.95. The molecule has 0 radical (unpaired) electrons. The number of amides is 1. The fourth-order valence-corrected chi connectivity index (χ4v) is 2.20. The highest BCUT2D eigenvalue weighted by molar-refractivity contribution is 6.00. The van der Waals surface area contributed by atoms with Gasteiger partial charge < -0.3 is 10.1 Å². The van der Waals surface area contributed by atoms with Gasteiger partial charge in [-0.3, -0.25) is 4.79 Å². The number of rotatable bonds is 3. The van der Waals surface area contributed by atoms with Gasteiger partial charge in [-0.05, 0) is 56.4 Å². The predicted octanol–water partition coefficient (Wildman–Crippen LogP) is 2.86. The molecule has 1 aromatic carbocycles. The molecule has 0 saturated heterocycles. The molecule has 4 heteroatoms. The summed E-state index contributed by atoms with van der Waals surface area (Å²) in [5, 5.41) is 12.0.